The normalized spacial score (nSPS) is 16.6. The number of hydrogen-bond acceptors (Lipinski definition) is 6. The minimum Gasteiger partial charge on any atom is -0.372 e. The molecule has 9 heteroatoms. The summed E-state index contributed by atoms with van der Waals surface area (Å²) in [5.41, 5.74) is 2.00. The van der Waals surface area contributed by atoms with Gasteiger partial charge in [-0.2, -0.15) is 4.72 Å². The van der Waals surface area contributed by atoms with Crippen LogP contribution in [0.15, 0.2) is 33.7 Å². The maximum absolute atomic E-state index is 12.5. The number of sulfonamides is 1. The number of nitrogens with one attached hydrogen (secondary N) is 2. The molecule has 2 aromatic rings. The Morgan fingerprint density at radius 3 is 2.38 bits per heavy atom. The monoisotopic (exact) mass is 420 g/mol. The van der Waals surface area contributed by atoms with Crippen LogP contribution >= 0.6 is 0 Å². The van der Waals surface area contributed by atoms with Gasteiger partial charge in [-0.05, 0) is 63.8 Å². The number of anilines is 2. The van der Waals surface area contributed by atoms with E-state index in [2.05, 4.69) is 27.0 Å². The lowest BCUT2D eigenvalue weighted by Crippen LogP contribution is -2.41. The summed E-state index contributed by atoms with van der Waals surface area (Å²) >= 11 is 0. The van der Waals surface area contributed by atoms with E-state index in [1.165, 1.54) is 26.7 Å². The summed E-state index contributed by atoms with van der Waals surface area (Å²) in [7, 11) is -3.91. The Kier molecular flexibility index (Phi) is 6.28. The van der Waals surface area contributed by atoms with Gasteiger partial charge in [-0.25, -0.2) is 8.42 Å². The highest BCUT2D eigenvalue weighted by Crippen LogP contribution is 2.24. The lowest BCUT2D eigenvalue weighted by molar-refractivity contribution is -0.117. The smallest absolute Gasteiger partial charge is 0.246 e. The highest BCUT2D eigenvalue weighted by molar-refractivity contribution is 7.89. The first-order chi connectivity index (χ1) is 13.7. The zero-order valence-electron chi connectivity index (χ0n) is 17.2. The Morgan fingerprint density at radius 1 is 1.21 bits per heavy atom. The van der Waals surface area contributed by atoms with Crippen molar-refractivity contribution >= 4 is 27.3 Å². The molecule has 0 spiro atoms. The first kappa shape index (κ1) is 21.3. The standard InChI is InChI=1S/C20H28N4O4S/c1-13-9-11-24(12-10-13)18-7-5-17(6-8-18)21-20(25)15(3)23-29(26,27)19-14(2)22-28-16(19)4/h5-8,13,15,23H,9-12H2,1-4H3,(H,21,25)/t15-/m0/s1. The molecular weight excluding hydrogens is 392 g/mol. The molecule has 2 heterocycles. The summed E-state index contributed by atoms with van der Waals surface area (Å²) in [5.74, 6) is 0.505. The molecule has 0 unspecified atom stereocenters. The number of aryl methyl sites for hydroxylation is 2. The molecule has 1 amide bonds. The third-order valence-corrected chi connectivity index (χ3v) is 7.03. The highest BCUT2D eigenvalue weighted by atomic mass is 32.2. The third kappa shape index (κ3) is 4.97. The molecule has 2 N–H and O–H groups in total. The number of benzene rings is 1. The Labute approximate surface area is 171 Å². The fourth-order valence-corrected chi connectivity index (χ4v) is 5.01. The van der Waals surface area contributed by atoms with Gasteiger partial charge in [0.05, 0.1) is 6.04 Å². The molecule has 0 saturated carbocycles. The number of hydrogen-bond donors (Lipinski definition) is 2. The summed E-state index contributed by atoms with van der Waals surface area (Å²) in [6.07, 6.45) is 2.36. The number of rotatable bonds is 6. The molecule has 158 valence electrons. The molecule has 8 nitrogen and oxygen atoms in total. The SMILES string of the molecule is Cc1noc(C)c1S(=O)(=O)N[C@@H](C)C(=O)Nc1ccc(N2CCC(C)CC2)cc1. The Hall–Kier alpha value is -2.39. The fourth-order valence-electron chi connectivity index (χ4n) is 3.48. The Balaban J connectivity index is 1.61. The summed E-state index contributed by atoms with van der Waals surface area (Å²) in [6.45, 7) is 8.90. The van der Waals surface area contributed by atoms with Gasteiger partial charge in [-0.15, -0.1) is 0 Å². The van der Waals surface area contributed by atoms with Gasteiger partial charge in [0.1, 0.15) is 10.6 Å². The van der Waals surface area contributed by atoms with E-state index in [-0.39, 0.29) is 16.3 Å². The first-order valence-corrected chi connectivity index (χ1v) is 11.3. The summed E-state index contributed by atoms with van der Waals surface area (Å²) in [4.78, 5) is 14.8. The molecule has 3 rings (SSSR count). The summed E-state index contributed by atoms with van der Waals surface area (Å²) < 4.78 is 32.4. The molecule has 0 bridgehead atoms. The van der Waals surface area contributed by atoms with Crippen molar-refractivity contribution in [2.24, 2.45) is 5.92 Å². The van der Waals surface area contributed by atoms with Crippen LogP contribution in [-0.2, 0) is 14.8 Å². The third-order valence-electron chi connectivity index (χ3n) is 5.25. The second-order valence-corrected chi connectivity index (χ2v) is 9.35. The van der Waals surface area contributed by atoms with E-state index < -0.39 is 22.0 Å². The molecule has 1 aliphatic heterocycles. The molecule has 1 atom stereocenters. The summed E-state index contributed by atoms with van der Waals surface area (Å²) in [6, 6.07) is 6.66. The van der Waals surface area contributed by atoms with Crippen LogP contribution in [-0.4, -0.2) is 38.6 Å². The van der Waals surface area contributed by atoms with E-state index in [0.29, 0.717) is 5.69 Å². The van der Waals surface area contributed by atoms with E-state index in [1.54, 1.807) is 6.92 Å². The van der Waals surface area contributed by atoms with E-state index >= 15 is 0 Å². The van der Waals surface area contributed by atoms with Crippen LogP contribution in [0.3, 0.4) is 0 Å². The van der Waals surface area contributed by atoms with Crippen molar-refractivity contribution in [1.29, 1.82) is 0 Å². The van der Waals surface area contributed by atoms with Gasteiger partial charge >= 0.3 is 0 Å². The fraction of sp³-hybridized carbons (Fsp3) is 0.500. The predicted molar refractivity (Wildman–Crippen MR) is 111 cm³/mol. The van der Waals surface area contributed by atoms with Gasteiger partial charge in [0, 0.05) is 24.5 Å². The number of amides is 1. The van der Waals surface area contributed by atoms with Crippen molar-refractivity contribution in [3.63, 3.8) is 0 Å². The van der Waals surface area contributed by atoms with Crippen molar-refractivity contribution in [3.05, 3.63) is 35.7 Å². The molecule has 1 aromatic carbocycles. The van der Waals surface area contributed by atoms with Crippen molar-refractivity contribution in [1.82, 2.24) is 9.88 Å². The molecule has 29 heavy (non-hydrogen) atoms. The zero-order chi connectivity index (χ0) is 21.2. The van der Waals surface area contributed by atoms with Crippen molar-refractivity contribution in [3.8, 4) is 0 Å². The van der Waals surface area contributed by atoms with Crippen molar-refractivity contribution < 1.29 is 17.7 Å². The van der Waals surface area contributed by atoms with Gasteiger partial charge < -0.3 is 14.7 Å². The number of piperidine rings is 1. The summed E-state index contributed by atoms with van der Waals surface area (Å²) in [5, 5.41) is 6.41. The molecule has 1 saturated heterocycles. The van der Waals surface area contributed by atoms with Crippen LogP contribution in [0.5, 0.6) is 0 Å². The quantitative estimate of drug-likeness (QED) is 0.745. The number of aromatic nitrogens is 1. The van der Waals surface area contributed by atoms with Crippen LogP contribution in [0.4, 0.5) is 11.4 Å². The number of nitrogens with zero attached hydrogens (tertiary/aromatic N) is 2. The molecular formula is C20H28N4O4S. The Morgan fingerprint density at radius 2 is 1.83 bits per heavy atom. The van der Waals surface area contributed by atoms with Crippen molar-refractivity contribution in [2.45, 2.75) is 51.5 Å². The lowest BCUT2D eigenvalue weighted by atomic mass is 9.99. The highest BCUT2D eigenvalue weighted by Gasteiger charge is 2.28. The van der Waals surface area contributed by atoms with Crippen LogP contribution in [0.1, 0.15) is 38.1 Å². The topological polar surface area (TPSA) is 105 Å². The van der Waals surface area contributed by atoms with E-state index in [9.17, 15) is 13.2 Å². The second-order valence-electron chi connectivity index (χ2n) is 7.70. The van der Waals surface area contributed by atoms with Gasteiger partial charge in [0.15, 0.2) is 5.76 Å². The molecule has 1 aliphatic rings. The maximum atomic E-state index is 12.5. The number of carbonyl (C=O) groups is 1. The van der Waals surface area contributed by atoms with Gasteiger partial charge in [-0.1, -0.05) is 12.1 Å². The van der Waals surface area contributed by atoms with Gasteiger partial charge in [0.25, 0.3) is 0 Å². The predicted octanol–water partition coefficient (Wildman–Crippen LogP) is 2.83. The van der Waals surface area contributed by atoms with Gasteiger partial charge in [0.2, 0.25) is 15.9 Å². The minimum atomic E-state index is -3.91. The average Bonchev–Trinajstić information content (AvgIpc) is 3.02. The van der Waals surface area contributed by atoms with Crippen LogP contribution in [0.25, 0.3) is 0 Å². The van der Waals surface area contributed by atoms with E-state index in [1.807, 2.05) is 24.3 Å². The average molecular weight is 421 g/mol. The molecule has 0 radical (unpaired) electrons. The van der Waals surface area contributed by atoms with Crippen LogP contribution in [0.2, 0.25) is 0 Å². The largest absolute Gasteiger partial charge is 0.372 e. The Bertz CT molecular complexity index is 941. The molecule has 1 fully saturated rings. The first-order valence-electron chi connectivity index (χ1n) is 9.78. The van der Waals surface area contributed by atoms with Crippen LogP contribution in [0, 0.1) is 19.8 Å². The second kappa shape index (κ2) is 8.54. The molecule has 0 aliphatic carbocycles. The van der Waals surface area contributed by atoms with E-state index in [0.717, 1.165) is 24.7 Å². The van der Waals surface area contributed by atoms with Crippen molar-refractivity contribution in [2.75, 3.05) is 23.3 Å². The number of carbonyl (C=O) groups excluding carboxylic acids is 1. The molecule has 1 aromatic heterocycles. The minimum absolute atomic E-state index is 0.0302. The zero-order valence-corrected chi connectivity index (χ0v) is 18.0. The van der Waals surface area contributed by atoms with Gasteiger partial charge in [-0.3, -0.25) is 4.79 Å². The van der Waals surface area contributed by atoms with Crippen LogP contribution < -0.4 is 14.9 Å². The maximum Gasteiger partial charge on any atom is 0.246 e. The lowest BCUT2D eigenvalue weighted by Gasteiger charge is -2.32. The van der Waals surface area contributed by atoms with E-state index in [4.69, 9.17) is 4.52 Å².